The van der Waals surface area contributed by atoms with E-state index in [0.717, 1.165) is 12.1 Å². The quantitative estimate of drug-likeness (QED) is 0.342. The third-order valence-electron chi connectivity index (χ3n) is 4.89. The molecule has 0 aliphatic heterocycles. The number of rotatable bonds is 6. The Kier molecular flexibility index (Phi) is 10.4. The average Bonchev–Trinajstić information content (AvgIpc) is 2.82. The Balaban J connectivity index is 0.000000591. The number of nitrogens with one attached hydrogen (secondary N) is 3. The van der Waals surface area contributed by atoms with Gasteiger partial charge in [0.05, 0.1) is 6.54 Å². The molecule has 3 N–H and O–H groups in total. The molecule has 0 aliphatic rings. The van der Waals surface area contributed by atoms with Crippen LogP contribution in [0.15, 0.2) is 78.9 Å². The molecule has 0 radical (unpaired) electrons. The highest BCUT2D eigenvalue weighted by atomic mass is 19.4. The summed E-state index contributed by atoms with van der Waals surface area (Å²) in [5.41, 5.74) is 1.06. The molecule has 0 saturated heterocycles. The van der Waals surface area contributed by atoms with Gasteiger partial charge in [0.15, 0.2) is 0 Å². The van der Waals surface area contributed by atoms with Crippen molar-refractivity contribution < 1.29 is 27.2 Å². The molecular formula is C28H31F4N3O2. The second kappa shape index (κ2) is 13.0. The van der Waals surface area contributed by atoms with Gasteiger partial charge in [-0.2, -0.15) is 13.2 Å². The number of anilines is 1. The summed E-state index contributed by atoms with van der Waals surface area (Å²) in [6, 6.07) is 18.5. The van der Waals surface area contributed by atoms with Crippen LogP contribution in [0.4, 0.5) is 23.2 Å². The molecule has 3 rings (SSSR count). The summed E-state index contributed by atoms with van der Waals surface area (Å²) in [6.45, 7) is 6.65. The van der Waals surface area contributed by atoms with E-state index in [0.29, 0.717) is 0 Å². The second-order valence-corrected chi connectivity index (χ2v) is 9.38. The van der Waals surface area contributed by atoms with E-state index >= 15 is 0 Å². The predicted octanol–water partition coefficient (Wildman–Crippen LogP) is 6.18. The minimum absolute atomic E-state index is 0.0139. The lowest BCUT2D eigenvalue weighted by Crippen LogP contribution is -2.45. The van der Waals surface area contributed by atoms with Crippen molar-refractivity contribution in [1.29, 1.82) is 0 Å². The van der Waals surface area contributed by atoms with E-state index in [1.807, 2.05) is 18.2 Å². The Morgan fingerprint density at radius 2 is 1.41 bits per heavy atom. The second-order valence-electron chi connectivity index (χ2n) is 9.38. The summed E-state index contributed by atoms with van der Waals surface area (Å²) in [5.74, 6) is -1.60. The Labute approximate surface area is 214 Å². The minimum Gasteiger partial charge on any atom is -0.343 e. The normalized spacial score (nSPS) is 12.1. The zero-order chi connectivity index (χ0) is 27.6. The van der Waals surface area contributed by atoms with Crippen molar-refractivity contribution in [3.05, 3.63) is 101 Å². The van der Waals surface area contributed by atoms with Gasteiger partial charge in [0.1, 0.15) is 11.9 Å². The van der Waals surface area contributed by atoms with Gasteiger partial charge in [-0.3, -0.25) is 14.9 Å². The van der Waals surface area contributed by atoms with Gasteiger partial charge >= 0.3 is 6.18 Å². The summed E-state index contributed by atoms with van der Waals surface area (Å²) in [7, 11) is 0. The third kappa shape index (κ3) is 10.8. The van der Waals surface area contributed by atoms with Crippen molar-refractivity contribution in [3.63, 3.8) is 0 Å². The van der Waals surface area contributed by atoms with E-state index in [-0.39, 0.29) is 23.4 Å². The van der Waals surface area contributed by atoms with Crippen LogP contribution in [0.25, 0.3) is 0 Å². The average molecular weight is 518 g/mol. The van der Waals surface area contributed by atoms with Crippen LogP contribution in [-0.2, 0) is 4.79 Å². The highest BCUT2D eigenvalue weighted by Crippen LogP contribution is 2.34. The number of alkyl halides is 3. The first-order valence-electron chi connectivity index (χ1n) is 11.5. The molecule has 198 valence electrons. The van der Waals surface area contributed by atoms with Crippen LogP contribution in [-0.4, -0.2) is 30.1 Å². The maximum atomic E-state index is 13.4. The zero-order valence-corrected chi connectivity index (χ0v) is 21.1. The van der Waals surface area contributed by atoms with Crippen molar-refractivity contribution in [2.45, 2.75) is 45.5 Å². The summed E-state index contributed by atoms with van der Waals surface area (Å²) in [4.78, 5) is 23.9. The molecule has 3 aromatic carbocycles. The molecule has 0 saturated carbocycles. The smallest absolute Gasteiger partial charge is 0.343 e. The van der Waals surface area contributed by atoms with Gasteiger partial charge in [0, 0.05) is 16.8 Å². The van der Waals surface area contributed by atoms with Crippen LogP contribution in [0.1, 0.15) is 48.3 Å². The zero-order valence-electron chi connectivity index (χ0n) is 21.1. The molecule has 0 aliphatic carbocycles. The highest BCUT2D eigenvalue weighted by Gasteiger charge is 2.42. The van der Waals surface area contributed by atoms with Gasteiger partial charge in [-0.05, 0) is 69.7 Å². The Morgan fingerprint density at radius 3 is 1.86 bits per heavy atom. The summed E-state index contributed by atoms with van der Waals surface area (Å²) >= 11 is 0. The summed E-state index contributed by atoms with van der Waals surface area (Å²) < 4.78 is 53.0. The van der Waals surface area contributed by atoms with E-state index in [1.165, 1.54) is 42.0 Å². The fourth-order valence-electron chi connectivity index (χ4n) is 3.15. The Morgan fingerprint density at radius 1 is 0.838 bits per heavy atom. The largest absolute Gasteiger partial charge is 0.407 e. The van der Waals surface area contributed by atoms with Gasteiger partial charge in [-0.15, -0.1) is 0 Å². The molecule has 3 aromatic rings. The number of carbonyl (C=O) groups excluding carboxylic acids is 2. The molecule has 0 heterocycles. The molecule has 0 aromatic heterocycles. The molecule has 2 amide bonds. The van der Waals surface area contributed by atoms with Crippen LogP contribution in [0.5, 0.6) is 0 Å². The fourth-order valence-corrected chi connectivity index (χ4v) is 3.15. The predicted molar refractivity (Wildman–Crippen MR) is 137 cm³/mol. The molecule has 0 fully saturated rings. The van der Waals surface area contributed by atoms with Crippen LogP contribution >= 0.6 is 0 Å². The monoisotopic (exact) mass is 517 g/mol. The highest BCUT2D eigenvalue weighted by molar-refractivity contribution is 5.99. The summed E-state index contributed by atoms with van der Waals surface area (Å²) in [5, 5.41) is 7.42. The molecule has 9 heteroatoms. The molecule has 1 atom stereocenters. The van der Waals surface area contributed by atoms with E-state index in [4.69, 9.17) is 0 Å². The molecule has 0 bridgehead atoms. The van der Waals surface area contributed by atoms with Gasteiger partial charge in [-0.1, -0.05) is 48.0 Å². The molecular weight excluding hydrogens is 486 g/mol. The van der Waals surface area contributed by atoms with E-state index in [9.17, 15) is 27.2 Å². The van der Waals surface area contributed by atoms with Crippen LogP contribution in [0, 0.1) is 12.7 Å². The molecule has 0 spiro atoms. The minimum atomic E-state index is -4.48. The van der Waals surface area contributed by atoms with Gasteiger partial charge in [0.25, 0.3) is 5.91 Å². The van der Waals surface area contributed by atoms with E-state index in [1.54, 1.807) is 20.8 Å². The molecule has 37 heavy (non-hydrogen) atoms. The van der Waals surface area contributed by atoms with Gasteiger partial charge < -0.3 is 10.6 Å². The number of amides is 2. The lowest BCUT2D eigenvalue weighted by molar-refractivity contribution is -0.161. The molecule has 1 unspecified atom stereocenters. The third-order valence-corrected chi connectivity index (χ3v) is 4.89. The van der Waals surface area contributed by atoms with Gasteiger partial charge in [0.2, 0.25) is 5.91 Å². The lowest BCUT2D eigenvalue weighted by Gasteiger charge is -2.30. The number of hydrogen-bond acceptors (Lipinski definition) is 3. The number of aryl methyl sites for hydroxylation is 1. The maximum Gasteiger partial charge on any atom is 0.407 e. The number of hydrogen-bond donors (Lipinski definition) is 3. The van der Waals surface area contributed by atoms with E-state index < -0.39 is 35.4 Å². The Hall–Kier alpha value is -3.72. The number of carbonyl (C=O) groups is 2. The molecule has 5 nitrogen and oxygen atoms in total. The van der Waals surface area contributed by atoms with E-state index in [2.05, 4.69) is 35.0 Å². The van der Waals surface area contributed by atoms with Crippen molar-refractivity contribution in [1.82, 2.24) is 10.6 Å². The van der Waals surface area contributed by atoms with Crippen molar-refractivity contribution in [2.75, 3.05) is 11.9 Å². The van der Waals surface area contributed by atoms with Crippen molar-refractivity contribution in [2.24, 2.45) is 0 Å². The Bertz CT molecular complexity index is 1140. The van der Waals surface area contributed by atoms with Gasteiger partial charge in [-0.25, -0.2) is 4.39 Å². The van der Waals surface area contributed by atoms with Crippen molar-refractivity contribution >= 4 is 17.5 Å². The first kappa shape index (κ1) is 29.5. The van der Waals surface area contributed by atoms with Crippen LogP contribution in [0.2, 0.25) is 0 Å². The summed E-state index contributed by atoms with van der Waals surface area (Å²) in [6.07, 6.45) is -4.48. The SMILES string of the molecule is CC(C)(C)NC(c1ccc(NC(=O)CNC(=O)c2ccc(F)cc2)cc1)C(F)(F)F.Cc1ccccc1. The fraction of sp³-hybridized carbons (Fsp3) is 0.286. The van der Waals surface area contributed by atoms with Crippen molar-refractivity contribution in [3.8, 4) is 0 Å². The number of halogens is 4. The number of benzene rings is 3. The standard InChI is InChI=1S/C21H23F4N3O2.C7H8/c1-20(2,3)28-18(21(23,24)25)13-6-10-16(11-7-13)27-17(29)12-26-19(30)14-4-8-15(22)9-5-14;1-7-5-3-2-4-6-7/h4-11,18,28H,12H2,1-3H3,(H,26,30)(H,27,29);2-6H,1H3. The maximum absolute atomic E-state index is 13.4. The topological polar surface area (TPSA) is 70.2 Å². The lowest BCUT2D eigenvalue weighted by atomic mass is 10.0. The van der Waals surface area contributed by atoms with Crippen LogP contribution < -0.4 is 16.0 Å². The van der Waals surface area contributed by atoms with Crippen LogP contribution in [0.3, 0.4) is 0 Å². The first-order valence-corrected chi connectivity index (χ1v) is 11.5. The first-order chi connectivity index (χ1) is 17.2.